The van der Waals surface area contributed by atoms with Gasteiger partial charge >= 0.3 is 0 Å². The van der Waals surface area contributed by atoms with Crippen LogP contribution in [0.3, 0.4) is 0 Å². The Morgan fingerprint density at radius 3 is 2.24 bits per heavy atom. The normalized spacial score (nSPS) is 12.6. The lowest BCUT2D eigenvalue weighted by Gasteiger charge is -2.37. The molecule has 0 fully saturated rings. The zero-order valence-corrected chi connectivity index (χ0v) is 12.8. The Balaban J connectivity index is 2.95. The van der Waals surface area contributed by atoms with E-state index in [-0.39, 0.29) is 5.04 Å². The fourth-order valence-corrected chi connectivity index (χ4v) is 2.36. The van der Waals surface area contributed by atoms with E-state index in [9.17, 15) is 0 Å². The highest BCUT2D eigenvalue weighted by atomic mass is 28.4. The van der Waals surface area contributed by atoms with Crippen LogP contribution >= 0.6 is 0 Å². The van der Waals surface area contributed by atoms with Crippen LogP contribution in [-0.2, 0) is 11.3 Å². The maximum absolute atomic E-state index is 6.31. The van der Waals surface area contributed by atoms with E-state index in [1.807, 2.05) is 18.2 Å². The van der Waals surface area contributed by atoms with Gasteiger partial charge in [-0.3, -0.25) is 0 Å². The lowest BCUT2D eigenvalue weighted by Crippen LogP contribution is -2.44. The summed E-state index contributed by atoms with van der Waals surface area (Å²) >= 11 is 0. The van der Waals surface area contributed by atoms with E-state index in [0.717, 1.165) is 11.3 Å². The molecule has 0 aliphatic carbocycles. The SMILES string of the molecule is COCc1ccccc1O[Si](C)(C)C(C)(C)C. The summed E-state index contributed by atoms with van der Waals surface area (Å²) in [6, 6.07) is 8.13. The van der Waals surface area contributed by atoms with Gasteiger partial charge in [0.15, 0.2) is 0 Å². The molecule has 0 unspecified atom stereocenters. The zero-order valence-electron chi connectivity index (χ0n) is 11.8. The fourth-order valence-electron chi connectivity index (χ4n) is 1.31. The van der Waals surface area contributed by atoms with Crippen molar-refractivity contribution in [2.45, 2.75) is 45.5 Å². The third-order valence-electron chi connectivity index (χ3n) is 3.44. The first-order chi connectivity index (χ1) is 7.78. The van der Waals surface area contributed by atoms with E-state index in [1.54, 1.807) is 7.11 Å². The van der Waals surface area contributed by atoms with Crippen LogP contribution in [0, 0.1) is 0 Å². The second-order valence-electron chi connectivity index (χ2n) is 5.90. The number of rotatable bonds is 4. The predicted molar refractivity (Wildman–Crippen MR) is 75.0 cm³/mol. The Bertz CT molecular complexity index is 367. The summed E-state index contributed by atoms with van der Waals surface area (Å²) in [5.41, 5.74) is 1.12. The second-order valence-corrected chi connectivity index (χ2v) is 10.6. The Labute approximate surface area is 106 Å². The number of hydrogen-bond donors (Lipinski definition) is 0. The molecule has 0 amide bonds. The van der Waals surface area contributed by atoms with Crippen LogP contribution in [0.4, 0.5) is 0 Å². The lowest BCUT2D eigenvalue weighted by molar-refractivity contribution is 0.183. The predicted octanol–water partition coefficient (Wildman–Crippen LogP) is 4.22. The van der Waals surface area contributed by atoms with Crippen molar-refractivity contribution in [1.29, 1.82) is 0 Å². The molecule has 1 aromatic rings. The van der Waals surface area contributed by atoms with E-state index >= 15 is 0 Å². The Hall–Kier alpha value is -0.803. The minimum atomic E-state index is -1.76. The molecule has 3 heteroatoms. The number of hydrogen-bond acceptors (Lipinski definition) is 2. The summed E-state index contributed by atoms with van der Waals surface area (Å²) in [4.78, 5) is 0. The topological polar surface area (TPSA) is 18.5 Å². The molecular weight excluding hydrogens is 228 g/mol. The van der Waals surface area contributed by atoms with Crippen LogP contribution < -0.4 is 4.43 Å². The summed E-state index contributed by atoms with van der Waals surface area (Å²) in [5.74, 6) is 0.973. The summed E-state index contributed by atoms with van der Waals surface area (Å²) < 4.78 is 11.5. The highest BCUT2D eigenvalue weighted by Gasteiger charge is 2.39. The van der Waals surface area contributed by atoms with Crippen LogP contribution in [0.1, 0.15) is 26.3 Å². The highest BCUT2D eigenvalue weighted by Crippen LogP contribution is 2.38. The fraction of sp³-hybridized carbons (Fsp3) is 0.571. The maximum Gasteiger partial charge on any atom is 0.250 e. The number of benzene rings is 1. The van der Waals surface area contributed by atoms with Gasteiger partial charge in [-0.25, -0.2) is 0 Å². The molecule has 17 heavy (non-hydrogen) atoms. The molecule has 0 saturated carbocycles. The lowest BCUT2D eigenvalue weighted by atomic mass is 10.2. The van der Waals surface area contributed by atoms with E-state index in [0.29, 0.717) is 6.61 Å². The second kappa shape index (κ2) is 5.23. The number of para-hydroxylation sites is 1. The van der Waals surface area contributed by atoms with Gasteiger partial charge in [0.05, 0.1) is 6.61 Å². The summed E-state index contributed by atoms with van der Waals surface area (Å²) in [6.07, 6.45) is 0. The molecule has 96 valence electrons. The van der Waals surface area contributed by atoms with Gasteiger partial charge in [0, 0.05) is 12.7 Å². The van der Waals surface area contributed by atoms with Gasteiger partial charge in [0.25, 0.3) is 0 Å². The standard InChI is InChI=1S/C14H24O2Si/c1-14(2,3)17(5,6)16-13-10-8-7-9-12(13)11-15-4/h7-10H,11H2,1-6H3. The Kier molecular flexibility index (Phi) is 4.39. The number of methoxy groups -OCH3 is 1. The molecule has 1 aromatic carbocycles. The van der Waals surface area contributed by atoms with E-state index < -0.39 is 8.32 Å². The highest BCUT2D eigenvalue weighted by molar-refractivity contribution is 6.74. The van der Waals surface area contributed by atoms with Crippen LogP contribution in [0.15, 0.2) is 24.3 Å². The first-order valence-corrected chi connectivity index (χ1v) is 8.94. The maximum atomic E-state index is 6.31. The van der Waals surface area contributed by atoms with Crippen LogP contribution in [0.2, 0.25) is 18.1 Å². The largest absolute Gasteiger partial charge is 0.543 e. The molecule has 0 heterocycles. The monoisotopic (exact) mass is 252 g/mol. The van der Waals surface area contributed by atoms with Crippen molar-refractivity contribution in [1.82, 2.24) is 0 Å². The van der Waals surface area contributed by atoms with Crippen molar-refractivity contribution >= 4 is 8.32 Å². The minimum Gasteiger partial charge on any atom is -0.543 e. The molecule has 0 saturated heterocycles. The first-order valence-electron chi connectivity index (χ1n) is 6.04. The van der Waals surface area contributed by atoms with Gasteiger partial charge in [-0.15, -0.1) is 0 Å². The van der Waals surface area contributed by atoms with Gasteiger partial charge < -0.3 is 9.16 Å². The third-order valence-corrected chi connectivity index (χ3v) is 7.79. The summed E-state index contributed by atoms with van der Waals surface area (Å²) in [7, 11) is -0.0503. The van der Waals surface area contributed by atoms with Gasteiger partial charge in [-0.05, 0) is 24.2 Å². The van der Waals surface area contributed by atoms with Crippen LogP contribution in [0.5, 0.6) is 5.75 Å². The molecule has 0 N–H and O–H groups in total. The van der Waals surface area contributed by atoms with Crippen molar-refractivity contribution in [3.63, 3.8) is 0 Å². The molecule has 0 aliphatic heterocycles. The van der Waals surface area contributed by atoms with Gasteiger partial charge in [0.2, 0.25) is 8.32 Å². The van der Waals surface area contributed by atoms with Crippen molar-refractivity contribution in [2.75, 3.05) is 7.11 Å². The average Bonchev–Trinajstić information content (AvgIpc) is 2.19. The molecule has 0 spiro atoms. The van der Waals surface area contributed by atoms with E-state index in [1.165, 1.54) is 0 Å². The van der Waals surface area contributed by atoms with Gasteiger partial charge in [-0.1, -0.05) is 39.0 Å². The van der Waals surface area contributed by atoms with Crippen molar-refractivity contribution in [3.8, 4) is 5.75 Å². The molecule has 0 bridgehead atoms. The summed E-state index contributed by atoms with van der Waals surface area (Å²) in [6.45, 7) is 11.9. The van der Waals surface area contributed by atoms with E-state index in [4.69, 9.17) is 9.16 Å². The Morgan fingerprint density at radius 2 is 1.71 bits per heavy atom. The van der Waals surface area contributed by atoms with E-state index in [2.05, 4.69) is 39.9 Å². The van der Waals surface area contributed by atoms with Crippen molar-refractivity contribution < 1.29 is 9.16 Å². The number of ether oxygens (including phenoxy) is 1. The average molecular weight is 252 g/mol. The molecule has 0 atom stereocenters. The molecule has 1 rings (SSSR count). The molecule has 0 aromatic heterocycles. The first kappa shape index (κ1) is 14.3. The molecule has 2 nitrogen and oxygen atoms in total. The van der Waals surface area contributed by atoms with Gasteiger partial charge in [-0.2, -0.15) is 0 Å². The van der Waals surface area contributed by atoms with Crippen molar-refractivity contribution in [2.24, 2.45) is 0 Å². The summed E-state index contributed by atoms with van der Waals surface area (Å²) in [5, 5.41) is 0.215. The molecular formula is C14H24O2Si. The zero-order chi connectivity index (χ0) is 13.1. The third kappa shape index (κ3) is 3.58. The van der Waals surface area contributed by atoms with Gasteiger partial charge in [0.1, 0.15) is 5.75 Å². The quantitative estimate of drug-likeness (QED) is 0.747. The Morgan fingerprint density at radius 1 is 1.12 bits per heavy atom. The minimum absolute atomic E-state index is 0.215. The molecule has 0 radical (unpaired) electrons. The van der Waals surface area contributed by atoms with Crippen LogP contribution in [-0.4, -0.2) is 15.4 Å². The smallest absolute Gasteiger partial charge is 0.250 e. The molecule has 0 aliphatic rings. The van der Waals surface area contributed by atoms with Crippen LogP contribution in [0.25, 0.3) is 0 Å². The van der Waals surface area contributed by atoms with Crippen molar-refractivity contribution in [3.05, 3.63) is 29.8 Å².